The van der Waals surface area contributed by atoms with Crippen LogP contribution in [0.15, 0.2) is 34.8 Å². The van der Waals surface area contributed by atoms with Gasteiger partial charge in [0, 0.05) is 5.33 Å². The first-order chi connectivity index (χ1) is 6.63. The van der Waals surface area contributed by atoms with Crippen molar-refractivity contribution in [3.63, 3.8) is 0 Å². The van der Waals surface area contributed by atoms with Gasteiger partial charge in [-0.2, -0.15) is 0 Å². The summed E-state index contributed by atoms with van der Waals surface area (Å²) >= 11 is 3.29. The topological polar surface area (TPSA) is 43.4 Å². The molecule has 1 heterocycles. The van der Waals surface area contributed by atoms with Crippen LogP contribution in [-0.2, 0) is 15.2 Å². The average molecular weight is 275 g/mol. The molecule has 14 heavy (non-hydrogen) atoms. The highest BCUT2D eigenvalue weighted by molar-refractivity contribution is 9.08. The molecule has 0 aromatic heterocycles. The number of benzene rings is 1. The molecule has 0 fully saturated rings. The highest BCUT2D eigenvalue weighted by Crippen LogP contribution is 2.30. The molecule has 0 radical (unpaired) electrons. The van der Waals surface area contributed by atoms with E-state index in [-0.39, 0.29) is 4.90 Å². The lowest BCUT2D eigenvalue weighted by Crippen LogP contribution is -2.05. The number of rotatable bonds is 1. The van der Waals surface area contributed by atoms with Crippen LogP contribution >= 0.6 is 15.9 Å². The molecule has 2 rings (SSSR count). The summed E-state index contributed by atoms with van der Waals surface area (Å²) < 4.78 is 28.1. The van der Waals surface area contributed by atoms with E-state index in [1.807, 2.05) is 0 Å². The van der Waals surface area contributed by atoms with Crippen molar-refractivity contribution in [1.29, 1.82) is 0 Å². The highest BCUT2D eigenvalue weighted by atomic mass is 79.9. The van der Waals surface area contributed by atoms with Gasteiger partial charge in [0.15, 0.2) is 0 Å². The third-order valence-corrected chi connectivity index (χ3v) is 3.97. The zero-order chi connectivity index (χ0) is 10.2. The predicted octanol–water partition coefficient (Wildman–Crippen LogP) is 2.22. The maximum Gasteiger partial charge on any atom is 0.206 e. The zero-order valence-corrected chi connectivity index (χ0v) is 9.51. The lowest BCUT2D eigenvalue weighted by atomic mass is 10.2. The van der Waals surface area contributed by atoms with E-state index < -0.39 is 9.84 Å². The van der Waals surface area contributed by atoms with Crippen LogP contribution < -0.4 is 4.74 Å². The van der Waals surface area contributed by atoms with Crippen LogP contribution in [0.1, 0.15) is 5.56 Å². The van der Waals surface area contributed by atoms with Crippen LogP contribution in [-0.4, -0.2) is 8.42 Å². The second-order valence-corrected chi connectivity index (χ2v) is 5.21. The fraction of sp³-hybridized carbons (Fsp3) is 0.111. The Bertz CT molecular complexity index is 491. The van der Waals surface area contributed by atoms with Crippen molar-refractivity contribution in [2.24, 2.45) is 0 Å². The number of ether oxygens (including phenoxy) is 1. The molecule has 0 atom stereocenters. The van der Waals surface area contributed by atoms with E-state index in [4.69, 9.17) is 4.74 Å². The normalized spacial score (nSPS) is 17.2. The number of hydrogen-bond acceptors (Lipinski definition) is 3. The molecule has 0 unspecified atom stereocenters. The van der Waals surface area contributed by atoms with Gasteiger partial charge in [-0.1, -0.05) is 22.0 Å². The Hall–Kier alpha value is -0.810. The fourth-order valence-corrected chi connectivity index (χ4v) is 2.55. The molecule has 3 nitrogen and oxygen atoms in total. The van der Waals surface area contributed by atoms with E-state index in [1.165, 1.54) is 6.26 Å². The van der Waals surface area contributed by atoms with Crippen molar-refractivity contribution in [3.05, 3.63) is 35.4 Å². The van der Waals surface area contributed by atoms with E-state index in [0.717, 1.165) is 11.0 Å². The molecule has 0 bridgehead atoms. The Morgan fingerprint density at radius 3 is 2.86 bits per heavy atom. The monoisotopic (exact) mass is 274 g/mol. The van der Waals surface area contributed by atoms with Crippen molar-refractivity contribution in [1.82, 2.24) is 0 Å². The van der Waals surface area contributed by atoms with E-state index in [2.05, 4.69) is 15.9 Å². The zero-order valence-electron chi connectivity index (χ0n) is 7.10. The molecular formula is C9H7BrO3S. The van der Waals surface area contributed by atoms with E-state index >= 15 is 0 Å². The molecule has 74 valence electrons. The molecular weight excluding hydrogens is 268 g/mol. The Balaban J connectivity index is 2.62. The van der Waals surface area contributed by atoms with Crippen LogP contribution in [0.2, 0.25) is 0 Å². The molecule has 0 saturated heterocycles. The van der Waals surface area contributed by atoms with Gasteiger partial charge < -0.3 is 4.74 Å². The first kappa shape index (κ1) is 9.73. The third kappa shape index (κ3) is 1.57. The molecule has 0 spiro atoms. The summed E-state index contributed by atoms with van der Waals surface area (Å²) in [6.07, 6.45) is 1.19. The van der Waals surface area contributed by atoms with Crippen molar-refractivity contribution >= 4 is 25.8 Å². The Kier molecular flexibility index (Phi) is 2.36. The second kappa shape index (κ2) is 3.40. The predicted molar refractivity (Wildman–Crippen MR) is 56.0 cm³/mol. The van der Waals surface area contributed by atoms with E-state index in [9.17, 15) is 8.42 Å². The van der Waals surface area contributed by atoms with Crippen LogP contribution in [0, 0.1) is 0 Å². The van der Waals surface area contributed by atoms with Gasteiger partial charge in [-0.3, -0.25) is 0 Å². The largest absolute Gasteiger partial charge is 0.463 e. The number of sulfone groups is 1. The highest BCUT2D eigenvalue weighted by Gasteiger charge is 2.20. The van der Waals surface area contributed by atoms with Gasteiger partial charge in [-0.05, 0) is 17.7 Å². The van der Waals surface area contributed by atoms with Crippen LogP contribution in [0.4, 0.5) is 0 Å². The minimum Gasteiger partial charge on any atom is -0.463 e. The van der Waals surface area contributed by atoms with Crippen molar-refractivity contribution in [3.8, 4) is 5.75 Å². The summed E-state index contributed by atoms with van der Waals surface area (Å²) in [5, 5.41) is 1.73. The molecule has 1 aliphatic rings. The van der Waals surface area contributed by atoms with Crippen molar-refractivity contribution in [2.45, 2.75) is 10.2 Å². The molecule has 1 aromatic rings. The van der Waals surface area contributed by atoms with Crippen molar-refractivity contribution < 1.29 is 13.2 Å². The van der Waals surface area contributed by atoms with Gasteiger partial charge in [0.05, 0.1) is 5.41 Å². The molecule has 0 aliphatic carbocycles. The Morgan fingerprint density at radius 1 is 1.36 bits per heavy atom. The average Bonchev–Trinajstić information content (AvgIpc) is 2.16. The number of hydrogen-bond donors (Lipinski definition) is 0. The standard InChI is InChI=1S/C9H7BrO3S/c10-6-7-1-2-9-8(5-7)13-3-4-14(9,11)12/h1-5H,6H2. The smallest absolute Gasteiger partial charge is 0.206 e. The third-order valence-electron chi connectivity index (χ3n) is 1.90. The van der Waals surface area contributed by atoms with E-state index in [1.54, 1.807) is 18.2 Å². The first-order valence-electron chi connectivity index (χ1n) is 3.91. The molecule has 5 heteroatoms. The summed E-state index contributed by atoms with van der Waals surface area (Å²) in [5.74, 6) is 0.393. The molecule has 0 amide bonds. The Labute approximate surface area is 90.4 Å². The second-order valence-electron chi connectivity index (χ2n) is 2.85. The SMILES string of the molecule is O=S1(=O)C=COc2cc(CBr)ccc21. The van der Waals surface area contributed by atoms with Gasteiger partial charge in [0.25, 0.3) is 0 Å². The van der Waals surface area contributed by atoms with Crippen molar-refractivity contribution in [2.75, 3.05) is 0 Å². The number of halogens is 1. The Morgan fingerprint density at radius 2 is 2.14 bits per heavy atom. The minimum absolute atomic E-state index is 0.227. The quantitative estimate of drug-likeness (QED) is 0.738. The molecule has 1 aromatic carbocycles. The lowest BCUT2D eigenvalue weighted by molar-refractivity contribution is 0.460. The molecule has 0 N–H and O–H groups in total. The minimum atomic E-state index is -3.29. The van der Waals surface area contributed by atoms with Crippen LogP contribution in [0.25, 0.3) is 0 Å². The summed E-state index contributed by atoms with van der Waals surface area (Å²) in [6, 6.07) is 5.03. The molecule has 1 aliphatic heterocycles. The van der Waals surface area contributed by atoms with Crippen LogP contribution in [0.5, 0.6) is 5.75 Å². The van der Waals surface area contributed by atoms with Gasteiger partial charge in [-0.25, -0.2) is 8.42 Å². The maximum atomic E-state index is 11.5. The van der Waals surface area contributed by atoms with Gasteiger partial charge in [0.1, 0.15) is 16.9 Å². The van der Waals surface area contributed by atoms with Gasteiger partial charge >= 0.3 is 0 Å². The first-order valence-corrected chi connectivity index (χ1v) is 6.57. The van der Waals surface area contributed by atoms with Gasteiger partial charge in [-0.15, -0.1) is 0 Å². The summed E-state index contributed by atoms with van der Waals surface area (Å²) in [6.45, 7) is 0. The number of fused-ring (bicyclic) bond motifs is 1. The van der Waals surface area contributed by atoms with Gasteiger partial charge in [0.2, 0.25) is 9.84 Å². The summed E-state index contributed by atoms with van der Waals surface area (Å²) in [4.78, 5) is 0.227. The van der Waals surface area contributed by atoms with E-state index in [0.29, 0.717) is 11.1 Å². The lowest BCUT2D eigenvalue weighted by Gasteiger charge is -2.12. The number of alkyl halides is 1. The summed E-state index contributed by atoms with van der Waals surface area (Å²) in [5.41, 5.74) is 0.981. The summed E-state index contributed by atoms with van der Waals surface area (Å²) in [7, 11) is -3.29. The van der Waals surface area contributed by atoms with Crippen LogP contribution in [0.3, 0.4) is 0 Å². The fourth-order valence-electron chi connectivity index (χ4n) is 1.21. The maximum absolute atomic E-state index is 11.5. The molecule has 0 saturated carbocycles.